The van der Waals surface area contributed by atoms with Crippen molar-refractivity contribution in [1.82, 2.24) is 0 Å². The van der Waals surface area contributed by atoms with Crippen molar-refractivity contribution in [2.75, 3.05) is 13.2 Å². The minimum Gasteiger partial charge on any atom is -0.496 e. The number of benzene rings is 4. The minimum atomic E-state index is -0.0485. The zero-order valence-electron chi connectivity index (χ0n) is 20.1. The average molecular weight is 473 g/mol. The van der Waals surface area contributed by atoms with Crippen molar-refractivity contribution < 1.29 is 13.9 Å². The van der Waals surface area contributed by atoms with Crippen molar-refractivity contribution in [3.05, 3.63) is 99.2 Å². The summed E-state index contributed by atoms with van der Waals surface area (Å²) in [4.78, 5) is 0. The molecule has 0 atom stereocenters. The lowest BCUT2D eigenvalue weighted by Gasteiger charge is -2.24. The van der Waals surface area contributed by atoms with Gasteiger partial charge in [0.25, 0.3) is 0 Å². The first-order valence-electron chi connectivity index (χ1n) is 12.5. The van der Waals surface area contributed by atoms with E-state index >= 15 is 0 Å². The van der Waals surface area contributed by atoms with Crippen molar-refractivity contribution in [3.8, 4) is 28.0 Å². The Hall–Kier alpha value is -4.11. The molecule has 0 bridgehead atoms. The highest BCUT2D eigenvalue weighted by Gasteiger charge is 2.23. The molecule has 0 spiro atoms. The summed E-state index contributed by atoms with van der Waals surface area (Å²) in [6.45, 7) is 3.19. The molecule has 0 radical (unpaired) electrons. The van der Waals surface area contributed by atoms with E-state index in [1.807, 2.05) is 12.3 Å². The van der Waals surface area contributed by atoms with Crippen LogP contribution in [0.25, 0.3) is 57.5 Å². The largest absolute Gasteiger partial charge is 0.496 e. The fourth-order valence-electron chi connectivity index (χ4n) is 5.72. The molecule has 0 unspecified atom stereocenters. The first kappa shape index (κ1) is 21.2. The van der Waals surface area contributed by atoms with Gasteiger partial charge in [-0.3, -0.25) is 0 Å². The number of ether oxygens (including phenoxy) is 2. The molecule has 4 aromatic rings. The van der Waals surface area contributed by atoms with Crippen LogP contribution in [-0.2, 0) is 11.2 Å². The highest BCUT2D eigenvalue weighted by Crippen LogP contribution is 2.39. The van der Waals surface area contributed by atoms with E-state index < -0.39 is 0 Å². The zero-order chi connectivity index (χ0) is 24.2. The van der Waals surface area contributed by atoms with Crippen LogP contribution in [0.2, 0.25) is 0 Å². The van der Waals surface area contributed by atoms with Crippen molar-refractivity contribution in [1.29, 1.82) is 0 Å². The molecule has 0 N–H and O–H groups in total. The Labute approximate surface area is 209 Å². The molecule has 1 aliphatic carbocycles. The lowest BCUT2D eigenvalue weighted by atomic mass is 9.86. The van der Waals surface area contributed by atoms with E-state index in [1.54, 1.807) is 6.08 Å². The molecule has 0 fully saturated rings. The second kappa shape index (κ2) is 8.23. The number of hydrogen-bond acceptors (Lipinski definition) is 2. The second-order valence-electron chi connectivity index (χ2n) is 9.76. The Balaban J connectivity index is 1.52. The first-order chi connectivity index (χ1) is 17.7. The van der Waals surface area contributed by atoms with E-state index in [4.69, 9.17) is 9.47 Å². The Morgan fingerprint density at radius 2 is 1.64 bits per heavy atom. The Kier molecular flexibility index (Phi) is 4.85. The van der Waals surface area contributed by atoms with Gasteiger partial charge in [-0.15, -0.1) is 0 Å². The number of aryl methyl sites for hydroxylation is 2. The molecule has 0 saturated heterocycles. The fraction of sp³-hybridized carbons (Fsp3) is 0.152. The fourth-order valence-corrected chi connectivity index (χ4v) is 5.72. The summed E-state index contributed by atoms with van der Waals surface area (Å²) in [7, 11) is 0. The summed E-state index contributed by atoms with van der Waals surface area (Å²) < 4.78 is 26.1. The molecule has 7 rings (SSSR count). The summed E-state index contributed by atoms with van der Waals surface area (Å²) in [6.07, 6.45) is 11.1. The van der Waals surface area contributed by atoms with Gasteiger partial charge in [0.1, 0.15) is 24.8 Å². The van der Waals surface area contributed by atoms with Gasteiger partial charge in [-0.25, -0.2) is 4.39 Å². The molecular weight excluding hydrogens is 447 g/mol. The van der Waals surface area contributed by atoms with E-state index in [-0.39, 0.29) is 5.83 Å². The maximum Gasteiger partial charge on any atom is 0.136 e. The predicted octanol–water partition coefficient (Wildman–Crippen LogP) is 6.69. The van der Waals surface area contributed by atoms with Gasteiger partial charge < -0.3 is 9.47 Å². The molecule has 176 valence electrons. The molecule has 4 aromatic carbocycles. The summed E-state index contributed by atoms with van der Waals surface area (Å²) in [5.41, 5.74) is 8.90. The van der Waals surface area contributed by atoms with Crippen molar-refractivity contribution in [3.63, 3.8) is 0 Å². The van der Waals surface area contributed by atoms with Crippen LogP contribution < -0.4 is 15.2 Å². The smallest absolute Gasteiger partial charge is 0.136 e. The molecule has 0 amide bonds. The third-order valence-corrected chi connectivity index (χ3v) is 7.42. The Bertz CT molecular complexity index is 1760. The summed E-state index contributed by atoms with van der Waals surface area (Å²) in [6, 6.07) is 19.5. The predicted molar refractivity (Wildman–Crippen MR) is 146 cm³/mol. The second-order valence-corrected chi connectivity index (χ2v) is 9.76. The van der Waals surface area contributed by atoms with Crippen LogP contribution in [0.4, 0.5) is 4.39 Å². The zero-order valence-corrected chi connectivity index (χ0v) is 20.1. The van der Waals surface area contributed by atoms with E-state index in [2.05, 4.69) is 73.7 Å². The third-order valence-electron chi connectivity index (χ3n) is 7.42. The van der Waals surface area contributed by atoms with Gasteiger partial charge >= 0.3 is 0 Å². The van der Waals surface area contributed by atoms with E-state index in [0.717, 1.165) is 49.6 Å². The van der Waals surface area contributed by atoms with Crippen LogP contribution in [0.5, 0.6) is 5.75 Å². The number of fused-ring (bicyclic) bond motifs is 4. The molecule has 36 heavy (non-hydrogen) atoms. The maximum absolute atomic E-state index is 13.9. The van der Waals surface area contributed by atoms with Gasteiger partial charge in [0.2, 0.25) is 0 Å². The molecule has 2 aliphatic heterocycles. The quantitative estimate of drug-likeness (QED) is 0.323. The topological polar surface area (TPSA) is 18.5 Å². The van der Waals surface area contributed by atoms with E-state index in [1.165, 1.54) is 21.9 Å². The lowest BCUT2D eigenvalue weighted by molar-refractivity contribution is 0.345. The lowest BCUT2D eigenvalue weighted by Crippen LogP contribution is -2.34. The third kappa shape index (κ3) is 3.38. The average Bonchev–Trinajstić information content (AvgIpc) is 2.91. The van der Waals surface area contributed by atoms with Gasteiger partial charge in [0.05, 0.1) is 6.26 Å². The molecule has 0 aromatic heterocycles. The van der Waals surface area contributed by atoms with Crippen LogP contribution >= 0.6 is 0 Å². The Morgan fingerprint density at radius 3 is 2.58 bits per heavy atom. The van der Waals surface area contributed by atoms with Gasteiger partial charge in [-0.2, -0.15) is 0 Å². The molecule has 2 nitrogen and oxygen atoms in total. The van der Waals surface area contributed by atoms with Crippen molar-refractivity contribution >= 4 is 35.3 Å². The van der Waals surface area contributed by atoms with Crippen LogP contribution in [0, 0.1) is 6.92 Å². The summed E-state index contributed by atoms with van der Waals surface area (Å²) >= 11 is 0. The molecule has 2 heterocycles. The summed E-state index contributed by atoms with van der Waals surface area (Å²) in [5, 5.41) is 4.64. The Morgan fingerprint density at radius 1 is 0.806 bits per heavy atom. The normalized spacial score (nSPS) is 15.4. The van der Waals surface area contributed by atoms with Crippen LogP contribution in [0.15, 0.2) is 66.5 Å². The number of allylic oxidation sites excluding steroid dienone is 1. The first-order valence-corrected chi connectivity index (χ1v) is 12.5. The van der Waals surface area contributed by atoms with Crippen LogP contribution in [0.1, 0.15) is 28.7 Å². The molecular formula is C33H25FO2. The highest BCUT2D eigenvalue weighted by molar-refractivity contribution is 5.93. The molecule has 3 heteroatoms. The standard InChI is InChI=1S/C33H25FO2/c1-20-4-5-22-17-26(9-6-21(22)15-20)32-28-12-14-35-19-30(28)31(29-3-2-13-36-33(29)32)25-8-7-24-18-27(34)11-10-23(24)16-25/h2-9,12,15-19H,10-11,13-14H2,1H3. The van der Waals surface area contributed by atoms with Gasteiger partial charge in [0, 0.05) is 28.3 Å². The monoisotopic (exact) mass is 472 g/mol. The molecule has 0 saturated carbocycles. The maximum atomic E-state index is 13.9. The highest BCUT2D eigenvalue weighted by atomic mass is 19.1. The van der Waals surface area contributed by atoms with Gasteiger partial charge in [-0.05, 0) is 75.9 Å². The van der Waals surface area contributed by atoms with Gasteiger partial charge in [0.15, 0.2) is 0 Å². The number of halogens is 1. The van der Waals surface area contributed by atoms with Crippen molar-refractivity contribution in [2.24, 2.45) is 0 Å². The van der Waals surface area contributed by atoms with Crippen LogP contribution in [-0.4, -0.2) is 13.2 Å². The SMILES string of the molecule is Cc1ccc2cc(-c3c4c(c(-c5ccc6c(c5)CCC(F)=C6)c5c3=CCOC=5)C=CCO4)ccc2c1. The van der Waals surface area contributed by atoms with Gasteiger partial charge in [-0.1, -0.05) is 60.2 Å². The number of hydrogen-bond donors (Lipinski definition) is 0. The van der Waals surface area contributed by atoms with E-state index in [9.17, 15) is 4.39 Å². The molecule has 3 aliphatic rings. The minimum absolute atomic E-state index is 0.0485. The van der Waals surface area contributed by atoms with Crippen molar-refractivity contribution in [2.45, 2.75) is 19.8 Å². The van der Waals surface area contributed by atoms with Crippen LogP contribution in [0.3, 0.4) is 0 Å². The summed E-state index contributed by atoms with van der Waals surface area (Å²) in [5.74, 6) is 0.862. The number of rotatable bonds is 2. The van der Waals surface area contributed by atoms with E-state index in [0.29, 0.717) is 26.1 Å².